The summed E-state index contributed by atoms with van der Waals surface area (Å²) in [6.07, 6.45) is 2.74. The Morgan fingerprint density at radius 2 is 1.89 bits per heavy atom. The third-order valence-corrected chi connectivity index (χ3v) is 3.95. The molecule has 19 heavy (non-hydrogen) atoms. The van der Waals surface area contributed by atoms with Crippen molar-refractivity contribution in [2.45, 2.75) is 10.9 Å². The number of aromatic amines is 1. The fraction of sp³-hybridized carbons (Fsp3) is 0.0833. The Kier molecular flexibility index (Phi) is 3.68. The molecule has 100 valence electrons. The molecule has 2 rings (SSSR count). The first-order valence-electron chi connectivity index (χ1n) is 5.43. The highest BCUT2D eigenvalue weighted by Crippen LogP contribution is 2.17. The Bertz CT molecular complexity index is 650. The molecule has 1 heterocycles. The van der Waals surface area contributed by atoms with Crippen LogP contribution >= 0.6 is 0 Å². The summed E-state index contributed by atoms with van der Waals surface area (Å²) >= 11 is 0. The van der Waals surface area contributed by atoms with Crippen molar-refractivity contribution in [1.29, 1.82) is 0 Å². The second kappa shape index (κ2) is 5.25. The summed E-state index contributed by atoms with van der Waals surface area (Å²) < 4.78 is 26.1. The molecule has 6 nitrogen and oxygen atoms in total. The number of carboxylic acids is 1. The van der Waals surface area contributed by atoms with Crippen LogP contribution in [-0.2, 0) is 14.8 Å². The quantitative estimate of drug-likeness (QED) is 0.764. The number of carbonyl (C=O) groups is 1. The van der Waals surface area contributed by atoms with Crippen LogP contribution in [0, 0.1) is 0 Å². The third kappa shape index (κ3) is 3.01. The topological polar surface area (TPSA) is 99.3 Å². The van der Waals surface area contributed by atoms with Crippen LogP contribution in [0.25, 0.3) is 0 Å². The van der Waals surface area contributed by atoms with Crippen LogP contribution in [0.5, 0.6) is 0 Å². The molecular weight excluding hydrogens is 268 g/mol. The molecule has 0 saturated heterocycles. The van der Waals surface area contributed by atoms with Gasteiger partial charge in [0.15, 0.2) is 0 Å². The van der Waals surface area contributed by atoms with Gasteiger partial charge in [-0.3, -0.25) is 4.79 Å². The van der Waals surface area contributed by atoms with Gasteiger partial charge in [-0.15, -0.1) is 0 Å². The first kappa shape index (κ1) is 13.3. The van der Waals surface area contributed by atoms with Crippen molar-refractivity contribution in [2.24, 2.45) is 0 Å². The number of H-pyrrole nitrogens is 1. The van der Waals surface area contributed by atoms with E-state index in [4.69, 9.17) is 5.11 Å². The van der Waals surface area contributed by atoms with Gasteiger partial charge < -0.3 is 10.1 Å². The first-order chi connectivity index (χ1) is 9.00. The Hall–Kier alpha value is -2.12. The van der Waals surface area contributed by atoms with Gasteiger partial charge in [-0.2, -0.15) is 4.72 Å². The SMILES string of the molecule is O=C(O)[C@@H](NS(=O)(=O)c1cc[nH]c1)c1ccccc1. The summed E-state index contributed by atoms with van der Waals surface area (Å²) in [7, 11) is -3.87. The maximum atomic E-state index is 12.0. The normalized spacial score (nSPS) is 13.1. The van der Waals surface area contributed by atoms with Crippen LogP contribution in [0.3, 0.4) is 0 Å². The summed E-state index contributed by atoms with van der Waals surface area (Å²) in [6, 6.07) is 8.17. The lowest BCUT2D eigenvalue weighted by Gasteiger charge is -2.14. The third-order valence-electron chi connectivity index (χ3n) is 2.53. The molecule has 2 aromatic rings. The van der Waals surface area contributed by atoms with E-state index in [1.807, 2.05) is 0 Å². The fourth-order valence-corrected chi connectivity index (χ4v) is 2.76. The van der Waals surface area contributed by atoms with Crippen molar-refractivity contribution >= 4 is 16.0 Å². The molecule has 3 N–H and O–H groups in total. The predicted octanol–water partition coefficient (Wildman–Crippen LogP) is 1.12. The molecule has 1 atom stereocenters. The summed E-state index contributed by atoms with van der Waals surface area (Å²) in [5, 5.41) is 9.15. The molecule has 0 radical (unpaired) electrons. The number of aliphatic carboxylic acids is 1. The van der Waals surface area contributed by atoms with Crippen molar-refractivity contribution in [2.75, 3.05) is 0 Å². The number of hydrogen-bond donors (Lipinski definition) is 3. The van der Waals surface area contributed by atoms with Crippen molar-refractivity contribution in [1.82, 2.24) is 9.71 Å². The maximum Gasteiger partial charge on any atom is 0.326 e. The van der Waals surface area contributed by atoms with Gasteiger partial charge in [-0.25, -0.2) is 8.42 Å². The molecule has 0 aliphatic heterocycles. The zero-order valence-corrected chi connectivity index (χ0v) is 10.6. The zero-order chi connectivity index (χ0) is 13.9. The highest BCUT2D eigenvalue weighted by atomic mass is 32.2. The number of benzene rings is 1. The molecule has 7 heteroatoms. The van der Waals surface area contributed by atoms with Crippen molar-refractivity contribution in [3.8, 4) is 0 Å². The van der Waals surface area contributed by atoms with Gasteiger partial charge in [-0.1, -0.05) is 30.3 Å². The first-order valence-corrected chi connectivity index (χ1v) is 6.92. The summed E-state index contributed by atoms with van der Waals surface area (Å²) in [5.41, 5.74) is 0.370. The molecule has 0 amide bonds. The Morgan fingerprint density at radius 1 is 1.21 bits per heavy atom. The molecule has 1 aromatic heterocycles. The molecule has 0 bridgehead atoms. The number of nitrogens with one attached hydrogen (secondary N) is 2. The largest absolute Gasteiger partial charge is 0.480 e. The van der Waals surface area contributed by atoms with Gasteiger partial charge in [0, 0.05) is 12.4 Å². The number of aromatic nitrogens is 1. The standard InChI is InChI=1S/C12H12N2O4S/c15-12(16)11(9-4-2-1-3-5-9)14-19(17,18)10-6-7-13-8-10/h1-8,11,13-14H,(H,15,16)/t11-/m0/s1. The number of sulfonamides is 1. The zero-order valence-electron chi connectivity index (χ0n) is 9.78. The smallest absolute Gasteiger partial charge is 0.326 e. The highest BCUT2D eigenvalue weighted by Gasteiger charge is 2.26. The van der Waals surface area contributed by atoms with Crippen LogP contribution in [0.1, 0.15) is 11.6 Å². The van der Waals surface area contributed by atoms with E-state index in [0.717, 1.165) is 0 Å². The second-order valence-electron chi connectivity index (χ2n) is 3.85. The maximum absolute atomic E-state index is 12.0. The minimum Gasteiger partial charge on any atom is -0.480 e. The van der Waals surface area contributed by atoms with Gasteiger partial charge >= 0.3 is 5.97 Å². The van der Waals surface area contributed by atoms with Crippen LogP contribution < -0.4 is 4.72 Å². The molecular formula is C12H12N2O4S. The Balaban J connectivity index is 2.31. The summed E-state index contributed by atoms with van der Waals surface area (Å²) in [5.74, 6) is -1.26. The minimum atomic E-state index is -3.87. The van der Waals surface area contributed by atoms with Crippen LogP contribution in [-0.4, -0.2) is 24.5 Å². The minimum absolute atomic E-state index is 0.00492. The van der Waals surface area contributed by atoms with E-state index < -0.39 is 22.0 Å². The van der Waals surface area contributed by atoms with Crippen molar-refractivity contribution in [3.05, 3.63) is 54.4 Å². The highest BCUT2D eigenvalue weighted by molar-refractivity contribution is 7.89. The lowest BCUT2D eigenvalue weighted by molar-refractivity contribution is -0.139. The van der Waals surface area contributed by atoms with E-state index in [1.165, 1.54) is 18.5 Å². The molecule has 0 aliphatic carbocycles. The van der Waals surface area contributed by atoms with E-state index in [1.54, 1.807) is 30.3 Å². The van der Waals surface area contributed by atoms with Crippen LogP contribution in [0.4, 0.5) is 0 Å². The molecule has 0 saturated carbocycles. The number of hydrogen-bond acceptors (Lipinski definition) is 3. The van der Waals surface area contributed by atoms with Crippen LogP contribution in [0.15, 0.2) is 53.7 Å². The monoisotopic (exact) mass is 280 g/mol. The van der Waals surface area contributed by atoms with E-state index in [9.17, 15) is 13.2 Å². The van der Waals surface area contributed by atoms with Crippen LogP contribution in [0.2, 0.25) is 0 Å². The average molecular weight is 280 g/mol. The van der Waals surface area contributed by atoms with E-state index in [2.05, 4.69) is 9.71 Å². The molecule has 0 aliphatic rings. The molecule has 0 spiro atoms. The second-order valence-corrected chi connectivity index (χ2v) is 5.56. The van der Waals surface area contributed by atoms with E-state index in [0.29, 0.717) is 5.56 Å². The van der Waals surface area contributed by atoms with Gasteiger partial charge in [0.2, 0.25) is 10.0 Å². The summed E-state index contributed by atoms with van der Waals surface area (Å²) in [6.45, 7) is 0. The summed E-state index contributed by atoms with van der Waals surface area (Å²) in [4.78, 5) is 13.8. The van der Waals surface area contributed by atoms with Gasteiger partial charge in [0.25, 0.3) is 0 Å². The molecule has 0 fully saturated rings. The van der Waals surface area contributed by atoms with Crippen molar-refractivity contribution < 1.29 is 18.3 Å². The van der Waals surface area contributed by atoms with E-state index in [-0.39, 0.29) is 4.90 Å². The Labute approximate surface area is 110 Å². The van der Waals surface area contributed by atoms with Gasteiger partial charge in [-0.05, 0) is 11.6 Å². The number of carboxylic acid groups (broad SMARTS) is 1. The molecule has 1 aromatic carbocycles. The number of rotatable bonds is 5. The Morgan fingerprint density at radius 3 is 2.42 bits per heavy atom. The fourth-order valence-electron chi connectivity index (χ4n) is 1.61. The van der Waals surface area contributed by atoms with Crippen molar-refractivity contribution in [3.63, 3.8) is 0 Å². The lowest BCUT2D eigenvalue weighted by atomic mass is 10.1. The molecule has 0 unspecified atom stereocenters. The van der Waals surface area contributed by atoms with Gasteiger partial charge in [0.05, 0.1) is 4.90 Å². The van der Waals surface area contributed by atoms with Gasteiger partial charge in [0.1, 0.15) is 6.04 Å². The predicted molar refractivity (Wildman–Crippen MR) is 67.9 cm³/mol. The average Bonchev–Trinajstić information content (AvgIpc) is 2.91. The van der Waals surface area contributed by atoms with E-state index >= 15 is 0 Å². The lowest BCUT2D eigenvalue weighted by Crippen LogP contribution is -2.33.